The lowest BCUT2D eigenvalue weighted by atomic mass is 10.1. The number of hydrogen-bond acceptors (Lipinski definition) is 4. The van der Waals surface area contributed by atoms with Crippen LogP contribution < -0.4 is 14.4 Å². The number of hydrogen-bond donors (Lipinski definition) is 0. The van der Waals surface area contributed by atoms with E-state index in [1.807, 2.05) is 24.3 Å². The zero-order valence-corrected chi connectivity index (χ0v) is 19.6. The fourth-order valence-corrected chi connectivity index (χ4v) is 5.17. The minimum Gasteiger partial charge on any atom is -0.493 e. The standard InChI is InChI=1S/C23H18BrClFNO3S/c1-29-20-11-15(10-19(24)22(20)30-12-14-2-6-17(26)7-3-14)23-27(21(28)13-31-23)18-8-4-16(25)5-9-18/h2-11,23H,12-13H2,1H3/t23-/m1/s1. The van der Waals surface area contributed by atoms with Crippen LogP contribution in [-0.2, 0) is 11.4 Å². The van der Waals surface area contributed by atoms with Crippen molar-refractivity contribution in [1.82, 2.24) is 0 Å². The van der Waals surface area contributed by atoms with Gasteiger partial charge in [-0.05, 0) is 75.6 Å². The van der Waals surface area contributed by atoms with Crippen molar-refractivity contribution >= 4 is 50.9 Å². The van der Waals surface area contributed by atoms with E-state index in [9.17, 15) is 9.18 Å². The van der Waals surface area contributed by atoms with Crippen molar-refractivity contribution in [3.8, 4) is 11.5 Å². The first-order valence-electron chi connectivity index (χ1n) is 9.40. The number of methoxy groups -OCH3 is 1. The lowest BCUT2D eigenvalue weighted by molar-refractivity contribution is -0.115. The topological polar surface area (TPSA) is 38.8 Å². The van der Waals surface area contributed by atoms with Gasteiger partial charge in [0.2, 0.25) is 5.91 Å². The Morgan fingerprint density at radius 1 is 1.16 bits per heavy atom. The van der Waals surface area contributed by atoms with Crippen LogP contribution in [0.25, 0.3) is 0 Å². The Labute approximate surface area is 197 Å². The summed E-state index contributed by atoms with van der Waals surface area (Å²) < 4.78 is 25.4. The number of anilines is 1. The van der Waals surface area contributed by atoms with E-state index >= 15 is 0 Å². The highest BCUT2D eigenvalue weighted by Gasteiger charge is 2.35. The van der Waals surface area contributed by atoms with Crippen LogP contribution in [0.15, 0.2) is 65.1 Å². The molecule has 4 nitrogen and oxygen atoms in total. The Bertz CT molecular complexity index is 1100. The Morgan fingerprint density at radius 2 is 1.87 bits per heavy atom. The summed E-state index contributed by atoms with van der Waals surface area (Å²) in [5, 5.41) is 0.414. The number of benzene rings is 3. The molecule has 0 unspecified atom stereocenters. The van der Waals surface area contributed by atoms with Crippen LogP contribution in [-0.4, -0.2) is 18.8 Å². The maximum Gasteiger partial charge on any atom is 0.238 e. The Hall–Kier alpha value is -2.22. The highest BCUT2D eigenvalue weighted by molar-refractivity contribution is 9.10. The van der Waals surface area contributed by atoms with E-state index in [1.54, 1.807) is 48.0 Å². The number of carbonyl (C=O) groups excluding carboxylic acids is 1. The van der Waals surface area contributed by atoms with Crippen molar-refractivity contribution < 1.29 is 18.7 Å². The highest BCUT2D eigenvalue weighted by Crippen LogP contribution is 2.46. The Kier molecular flexibility index (Phi) is 6.74. The van der Waals surface area contributed by atoms with E-state index in [2.05, 4.69) is 15.9 Å². The van der Waals surface area contributed by atoms with Crippen molar-refractivity contribution in [2.45, 2.75) is 12.0 Å². The Balaban J connectivity index is 1.61. The smallest absolute Gasteiger partial charge is 0.238 e. The molecule has 31 heavy (non-hydrogen) atoms. The fraction of sp³-hybridized carbons (Fsp3) is 0.174. The van der Waals surface area contributed by atoms with Gasteiger partial charge >= 0.3 is 0 Å². The minimum absolute atomic E-state index is 0.0315. The minimum atomic E-state index is -0.291. The number of thioether (sulfide) groups is 1. The summed E-state index contributed by atoms with van der Waals surface area (Å²) >= 11 is 11.1. The zero-order chi connectivity index (χ0) is 22.0. The zero-order valence-electron chi connectivity index (χ0n) is 16.5. The average molecular weight is 523 g/mol. The molecule has 1 amide bonds. The molecule has 160 valence electrons. The first-order chi connectivity index (χ1) is 15.0. The van der Waals surface area contributed by atoms with Gasteiger partial charge in [0, 0.05) is 10.7 Å². The number of rotatable bonds is 6. The molecule has 0 bridgehead atoms. The molecule has 8 heteroatoms. The second-order valence-electron chi connectivity index (χ2n) is 6.85. The number of halogens is 3. The lowest BCUT2D eigenvalue weighted by Crippen LogP contribution is -2.27. The van der Waals surface area contributed by atoms with Gasteiger partial charge in [-0.3, -0.25) is 9.69 Å². The van der Waals surface area contributed by atoms with Crippen molar-refractivity contribution in [2.24, 2.45) is 0 Å². The van der Waals surface area contributed by atoms with Crippen LogP contribution in [0.2, 0.25) is 5.02 Å². The summed E-state index contributed by atoms with van der Waals surface area (Å²) in [4.78, 5) is 14.4. The molecular weight excluding hydrogens is 505 g/mol. The molecule has 0 N–H and O–H groups in total. The molecule has 4 rings (SSSR count). The highest BCUT2D eigenvalue weighted by atomic mass is 79.9. The van der Waals surface area contributed by atoms with Gasteiger partial charge < -0.3 is 9.47 Å². The molecule has 0 saturated carbocycles. The van der Waals surface area contributed by atoms with Gasteiger partial charge in [0.15, 0.2) is 11.5 Å². The molecule has 1 atom stereocenters. The number of nitrogens with zero attached hydrogens (tertiary/aromatic N) is 1. The number of carbonyl (C=O) groups is 1. The van der Waals surface area contributed by atoms with Crippen LogP contribution in [0, 0.1) is 5.82 Å². The number of amides is 1. The van der Waals surface area contributed by atoms with Crippen molar-refractivity contribution in [3.63, 3.8) is 0 Å². The monoisotopic (exact) mass is 521 g/mol. The average Bonchev–Trinajstić information content (AvgIpc) is 3.15. The molecular formula is C23H18BrClFNO3S. The molecule has 1 heterocycles. The normalized spacial score (nSPS) is 15.9. The van der Waals surface area contributed by atoms with Crippen LogP contribution >= 0.6 is 39.3 Å². The molecule has 1 fully saturated rings. The summed E-state index contributed by atoms with van der Waals surface area (Å²) in [6, 6.07) is 17.2. The molecule has 3 aromatic carbocycles. The van der Waals surface area contributed by atoms with Gasteiger partial charge in [0.1, 0.15) is 17.8 Å². The summed E-state index contributed by atoms with van der Waals surface area (Å²) in [7, 11) is 1.57. The van der Waals surface area contributed by atoms with Gasteiger partial charge in [0.05, 0.1) is 17.3 Å². The molecule has 0 aromatic heterocycles. The van der Waals surface area contributed by atoms with Gasteiger partial charge in [-0.15, -0.1) is 11.8 Å². The van der Waals surface area contributed by atoms with E-state index in [0.717, 1.165) is 16.8 Å². The third-order valence-electron chi connectivity index (χ3n) is 4.81. The fourth-order valence-electron chi connectivity index (χ4n) is 3.31. The third-order valence-corrected chi connectivity index (χ3v) is 6.86. The van der Waals surface area contributed by atoms with Crippen molar-refractivity contribution in [1.29, 1.82) is 0 Å². The quantitative estimate of drug-likeness (QED) is 0.365. The molecule has 0 aliphatic carbocycles. The maximum absolute atomic E-state index is 13.1. The molecule has 3 aromatic rings. The van der Waals surface area contributed by atoms with Crippen LogP contribution in [0.4, 0.5) is 10.1 Å². The van der Waals surface area contributed by atoms with Crippen molar-refractivity contribution in [2.75, 3.05) is 17.8 Å². The van der Waals surface area contributed by atoms with Crippen LogP contribution in [0.1, 0.15) is 16.5 Å². The molecule has 1 aliphatic rings. The van der Waals surface area contributed by atoms with Crippen LogP contribution in [0.3, 0.4) is 0 Å². The van der Waals surface area contributed by atoms with Gasteiger partial charge in [-0.2, -0.15) is 0 Å². The second-order valence-corrected chi connectivity index (χ2v) is 9.21. The summed E-state index contributed by atoms with van der Waals surface area (Å²) in [5.74, 6) is 1.21. The first kappa shape index (κ1) is 22.0. The largest absolute Gasteiger partial charge is 0.493 e. The SMILES string of the molecule is COc1cc([C@H]2SCC(=O)N2c2ccc(Cl)cc2)cc(Br)c1OCc1ccc(F)cc1. The maximum atomic E-state index is 13.1. The first-order valence-corrected chi connectivity index (χ1v) is 11.6. The van der Waals surface area contributed by atoms with Gasteiger partial charge in [0.25, 0.3) is 0 Å². The summed E-state index contributed by atoms with van der Waals surface area (Å²) in [6.45, 7) is 0.266. The van der Waals surface area contributed by atoms with E-state index in [0.29, 0.717) is 26.7 Å². The second kappa shape index (κ2) is 9.51. The van der Waals surface area contributed by atoms with E-state index in [-0.39, 0.29) is 23.7 Å². The van der Waals surface area contributed by atoms with Gasteiger partial charge in [-0.25, -0.2) is 4.39 Å². The number of ether oxygens (including phenoxy) is 2. The molecule has 1 saturated heterocycles. The molecule has 0 radical (unpaired) electrons. The van der Waals surface area contributed by atoms with E-state index in [4.69, 9.17) is 21.1 Å². The third kappa shape index (κ3) is 4.84. The predicted octanol–water partition coefficient (Wildman–Crippen LogP) is 6.61. The lowest BCUT2D eigenvalue weighted by Gasteiger charge is -2.25. The van der Waals surface area contributed by atoms with Gasteiger partial charge in [-0.1, -0.05) is 23.7 Å². The molecule has 1 aliphatic heterocycles. The van der Waals surface area contributed by atoms with E-state index in [1.165, 1.54) is 12.1 Å². The Morgan fingerprint density at radius 3 is 2.55 bits per heavy atom. The predicted molar refractivity (Wildman–Crippen MR) is 126 cm³/mol. The van der Waals surface area contributed by atoms with E-state index < -0.39 is 0 Å². The molecule has 0 spiro atoms. The summed E-state index contributed by atoms with van der Waals surface area (Å²) in [6.07, 6.45) is 0. The van der Waals surface area contributed by atoms with Crippen molar-refractivity contribution in [3.05, 3.63) is 87.1 Å². The summed E-state index contributed by atoms with van der Waals surface area (Å²) in [5.41, 5.74) is 2.53. The van der Waals surface area contributed by atoms with Crippen LogP contribution in [0.5, 0.6) is 11.5 Å².